The van der Waals surface area contributed by atoms with Gasteiger partial charge in [-0.25, -0.2) is 0 Å². The Bertz CT molecular complexity index is 380. The highest BCUT2D eigenvalue weighted by atomic mass is 32.1. The maximum absolute atomic E-state index is 12.2. The van der Waals surface area contributed by atoms with Gasteiger partial charge in [-0.15, -0.1) is 0 Å². The molecule has 1 atom stereocenters. The van der Waals surface area contributed by atoms with Gasteiger partial charge in [0.1, 0.15) is 0 Å². The van der Waals surface area contributed by atoms with Gasteiger partial charge in [-0.2, -0.15) is 11.3 Å². The molecule has 4 nitrogen and oxygen atoms in total. The van der Waals surface area contributed by atoms with Gasteiger partial charge in [-0.05, 0) is 35.9 Å². The second-order valence-corrected chi connectivity index (χ2v) is 5.57. The van der Waals surface area contributed by atoms with E-state index in [1.54, 1.807) is 11.3 Å². The molecule has 1 amide bonds. The molecule has 1 saturated heterocycles. The van der Waals surface area contributed by atoms with E-state index in [0.717, 1.165) is 31.6 Å². The van der Waals surface area contributed by atoms with E-state index in [1.165, 1.54) is 0 Å². The summed E-state index contributed by atoms with van der Waals surface area (Å²) < 4.78 is 0. The lowest BCUT2D eigenvalue weighted by molar-refractivity contribution is -0.133. The number of nitrogens with zero attached hydrogens (tertiary/aromatic N) is 2. The standard InChI is InChI=1S/C13H20N2O2S/c1-14-4-5-15(9-12(14)2-6-16)13(17)8-11-3-7-18-10-11/h3,7,10,12,16H,2,4-6,8-9H2,1H3. The molecule has 1 aliphatic heterocycles. The second-order valence-electron chi connectivity index (χ2n) is 4.79. The molecule has 0 spiro atoms. The van der Waals surface area contributed by atoms with Gasteiger partial charge in [-0.3, -0.25) is 9.69 Å². The summed E-state index contributed by atoms with van der Waals surface area (Å²) in [7, 11) is 2.06. The normalized spacial score (nSPS) is 21.2. The monoisotopic (exact) mass is 268 g/mol. The molecular formula is C13H20N2O2S. The van der Waals surface area contributed by atoms with Gasteiger partial charge in [0.25, 0.3) is 0 Å². The van der Waals surface area contributed by atoms with Crippen LogP contribution in [-0.2, 0) is 11.2 Å². The average molecular weight is 268 g/mol. The number of hydrogen-bond acceptors (Lipinski definition) is 4. The fraction of sp³-hybridized carbons (Fsp3) is 0.615. The van der Waals surface area contributed by atoms with Gasteiger partial charge in [0.15, 0.2) is 0 Å². The van der Waals surface area contributed by atoms with Crippen molar-refractivity contribution in [3.8, 4) is 0 Å². The summed E-state index contributed by atoms with van der Waals surface area (Å²) in [5.74, 6) is 0.199. The Balaban J connectivity index is 1.90. The highest BCUT2D eigenvalue weighted by Crippen LogP contribution is 2.13. The quantitative estimate of drug-likeness (QED) is 0.879. The maximum atomic E-state index is 12.2. The van der Waals surface area contributed by atoms with Crippen molar-refractivity contribution in [3.63, 3.8) is 0 Å². The molecule has 2 rings (SSSR count). The van der Waals surface area contributed by atoms with Gasteiger partial charge in [0.05, 0.1) is 6.42 Å². The summed E-state index contributed by atoms with van der Waals surface area (Å²) >= 11 is 1.63. The molecule has 0 saturated carbocycles. The molecule has 1 aromatic rings. The Morgan fingerprint density at radius 3 is 3.06 bits per heavy atom. The summed E-state index contributed by atoms with van der Waals surface area (Å²) in [6, 6.07) is 2.29. The third-order valence-corrected chi connectivity index (χ3v) is 4.26. The Kier molecular flexibility index (Phi) is 4.74. The van der Waals surface area contributed by atoms with Crippen LogP contribution in [-0.4, -0.2) is 60.1 Å². The van der Waals surface area contributed by atoms with Crippen molar-refractivity contribution in [2.45, 2.75) is 18.9 Å². The molecule has 1 aromatic heterocycles. The smallest absolute Gasteiger partial charge is 0.227 e. The van der Waals surface area contributed by atoms with Crippen LogP contribution >= 0.6 is 11.3 Å². The Labute approximate surface area is 112 Å². The van der Waals surface area contributed by atoms with Crippen LogP contribution in [0.3, 0.4) is 0 Å². The Morgan fingerprint density at radius 2 is 2.39 bits per heavy atom. The number of likely N-dealkylation sites (N-methyl/N-ethyl adjacent to an activating group) is 1. The van der Waals surface area contributed by atoms with E-state index in [4.69, 9.17) is 5.11 Å². The third kappa shape index (κ3) is 3.31. The van der Waals surface area contributed by atoms with Crippen molar-refractivity contribution in [2.75, 3.05) is 33.3 Å². The number of amides is 1. The molecule has 0 radical (unpaired) electrons. The van der Waals surface area contributed by atoms with Crippen LogP contribution in [0.2, 0.25) is 0 Å². The number of carbonyl (C=O) groups excluding carboxylic acids is 1. The zero-order chi connectivity index (χ0) is 13.0. The first kappa shape index (κ1) is 13.5. The largest absolute Gasteiger partial charge is 0.396 e. The molecule has 5 heteroatoms. The zero-order valence-electron chi connectivity index (χ0n) is 10.7. The lowest BCUT2D eigenvalue weighted by atomic mass is 10.1. The van der Waals surface area contributed by atoms with E-state index >= 15 is 0 Å². The number of piperazine rings is 1. The maximum Gasteiger partial charge on any atom is 0.227 e. The van der Waals surface area contributed by atoms with E-state index in [2.05, 4.69) is 11.9 Å². The van der Waals surface area contributed by atoms with Crippen molar-refractivity contribution in [1.29, 1.82) is 0 Å². The summed E-state index contributed by atoms with van der Waals surface area (Å²) in [5.41, 5.74) is 1.10. The van der Waals surface area contributed by atoms with E-state index in [0.29, 0.717) is 6.42 Å². The van der Waals surface area contributed by atoms with Crippen molar-refractivity contribution < 1.29 is 9.90 Å². The topological polar surface area (TPSA) is 43.8 Å². The highest BCUT2D eigenvalue weighted by Gasteiger charge is 2.26. The predicted octanol–water partition coefficient (Wildman–Crippen LogP) is 0.816. The first-order valence-electron chi connectivity index (χ1n) is 6.30. The van der Waals surface area contributed by atoms with Gasteiger partial charge in [0.2, 0.25) is 5.91 Å². The molecule has 18 heavy (non-hydrogen) atoms. The third-order valence-electron chi connectivity index (χ3n) is 3.53. The van der Waals surface area contributed by atoms with E-state index < -0.39 is 0 Å². The molecule has 0 bridgehead atoms. The van der Waals surface area contributed by atoms with Crippen LogP contribution in [0.1, 0.15) is 12.0 Å². The minimum atomic E-state index is 0.182. The Morgan fingerprint density at radius 1 is 1.56 bits per heavy atom. The van der Waals surface area contributed by atoms with Crippen LogP contribution in [0.15, 0.2) is 16.8 Å². The SMILES string of the molecule is CN1CCN(C(=O)Cc2ccsc2)CC1CCO. The van der Waals surface area contributed by atoms with Crippen LogP contribution in [0.25, 0.3) is 0 Å². The molecule has 1 N–H and O–H groups in total. The summed E-state index contributed by atoms with van der Waals surface area (Å²) in [6.07, 6.45) is 1.23. The number of thiophene rings is 1. The van der Waals surface area contributed by atoms with Crippen molar-refractivity contribution in [3.05, 3.63) is 22.4 Å². The molecule has 2 heterocycles. The van der Waals surface area contributed by atoms with Gasteiger partial charge < -0.3 is 10.0 Å². The van der Waals surface area contributed by atoms with Gasteiger partial charge in [0, 0.05) is 32.3 Å². The van der Waals surface area contributed by atoms with Crippen LogP contribution < -0.4 is 0 Å². The number of hydrogen-bond donors (Lipinski definition) is 1. The van der Waals surface area contributed by atoms with Gasteiger partial charge in [-0.1, -0.05) is 0 Å². The average Bonchev–Trinajstić information content (AvgIpc) is 2.85. The summed E-state index contributed by atoms with van der Waals surface area (Å²) in [5, 5.41) is 13.1. The molecule has 0 aliphatic carbocycles. The fourth-order valence-corrected chi connectivity index (χ4v) is 2.98. The number of aliphatic hydroxyl groups excluding tert-OH is 1. The minimum absolute atomic E-state index is 0.182. The van der Waals surface area contributed by atoms with Gasteiger partial charge >= 0.3 is 0 Å². The predicted molar refractivity (Wildman–Crippen MR) is 72.7 cm³/mol. The molecule has 0 aromatic carbocycles. The fourth-order valence-electron chi connectivity index (χ4n) is 2.31. The molecule has 1 fully saturated rings. The molecular weight excluding hydrogens is 248 g/mol. The summed E-state index contributed by atoms with van der Waals surface area (Å²) in [4.78, 5) is 16.3. The molecule has 100 valence electrons. The number of carbonyl (C=O) groups is 1. The van der Waals surface area contributed by atoms with Crippen molar-refractivity contribution in [1.82, 2.24) is 9.80 Å². The first-order chi connectivity index (χ1) is 8.70. The van der Waals surface area contributed by atoms with Crippen LogP contribution in [0.5, 0.6) is 0 Å². The van der Waals surface area contributed by atoms with E-state index in [9.17, 15) is 4.79 Å². The first-order valence-corrected chi connectivity index (χ1v) is 7.25. The minimum Gasteiger partial charge on any atom is -0.396 e. The van der Waals surface area contributed by atoms with Crippen molar-refractivity contribution in [2.24, 2.45) is 0 Å². The number of aliphatic hydroxyl groups is 1. The highest BCUT2D eigenvalue weighted by molar-refractivity contribution is 7.07. The van der Waals surface area contributed by atoms with E-state index in [1.807, 2.05) is 21.7 Å². The summed E-state index contributed by atoms with van der Waals surface area (Å²) in [6.45, 7) is 2.60. The van der Waals surface area contributed by atoms with Crippen molar-refractivity contribution >= 4 is 17.2 Å². The second kappa shape index (κ2) is 6.31. The number of rotatable bonds is 4. The molecule has 1 unspecified atom stereocenters. The lowest BCUT2D eigenvalue weighted by Gasteiger charge is -2.39. The van der Waals surface area contributed by atoms with Crippen LogP contribution in [0.4, 0.5) is 0 Å². The van der Waals surface area contributed by atoms with Crippen LogP contribution in [0, 0.1) is 0 Å². The zero-order valence-corrected chi connectivity index (χ0v) is 11.5. The lowest BCUT2D eigenvalue weighted by Crippen LogP contribution is -2.53. The molecule has 1 aliphatic rings. The van der Waals surface area contributed by atoms with E-state index in [-0.39, 0.29) is 18.6 Å². The Hall–Kier alpha value is -0.910.